The van der Waals surface area contributed by atoms with Gasteiger partial charge in [0, 0.05) is 12.5 Å². The van der Waals surface area contributed by atoms with E-state index in [-0.39, 0.29) is 5.82 Å². The van der Waals surface area contributed by atoms with Crippen LogP contribution in [0.2, 0.25) is 0 Å². The van der Waals surface area contributed by atoms with Gasteiger partial charge in [0.15, 0.2) is 0 Å². The normalized spacial score (nSPS) is 20.2. The second kappa shape index (κ2) is 4.01. The number of nitrogens with zero attached hydrogens (tertiary/aromatic N) is 1. The Balaban J connectivity index is 2.17. The van der Waals surface area contributed by atoms with E-state index in [1.807, 2.05) is 6.92 Å². The maximum Gasteiger partial charge on any atom is 0.146 e. The van der Waals surface area contributed by atoms with Crippen LogP contribution in [-0.4, -0.2) is 11.9 Å². The van der Waals surface area contributed by atoms with E-state index in [0.717, 1.165) is 24.2 Å². The zero-order chi connectivity index (χ0) is 10.8. The average Bonchev–Trinajstić information content (AvgIpc) is 2.58. The van der Waals surface area contributed by atoms with Crippen LogP contribution in [0.3, 0.4) is 0 Å². The predicted octanol–water partition coefficient (Wildman–Crippen LogP) is 3.13. The summed E-state index contributed by atoms with van der Waals surface area (Å²) in [7, 11) is 0. The first kappa shape index (κ1) is 10.1. The van der Waals surface area contributed by atoms with Crippen molar-refractivity contribution in [1.82, 2.24) is 0 Å². The van der Waals surface area contributed by atoms with Gasteiger partial charge >= 0.3 is 0 Å². The summed E-state index contributed by atoms with van der Waals surface area (Å²) >= 11 is 0. The molecule has 0 aliphatic carbocycles. The van der Waals surface area contributed by atoms with Crippen LogP contribution in [0.1, 0.15) is 25.3 Å². The fourth-order valence-electron chi connectivity index (χ4n) is 1.73. The number of anilines is 1. The number of hydrogen-bond donors (Lipinski definition) is 1. The lowest BCUT2D eigenvalue weighted by Gasteiger charge is -2.07. The molecule has 1 N–H and O–H groups in total. The van der Waals surface area contributed by atoms with Crippen LogP contribution in [0.25, 0.3) is 0 Å². The van der Waals surface area contributed by atoms with Gasteiger partial charge in [-0.1, -0.05) is 6.07 Å². The highest BCUT2D eigenvalue weighted by atomic mass is 19.1. The minimum Gasteiger partial charge on any atom is -0.342 e. The predicted molar refractivity (Wildman–Crippen MR) is 60.9 cm³/mol. The Morgan fingerprint density at radius 1 is 1.47 bits per heavy atom. The van der Waals surface area contributed by atoms with Crippen molar-refractivity contribution in [2.45, 2.75) is 32.7 Å². The average molecular weight is 206 g/mol. The molecule has 0 spiro atoms. The van der Waals surface area contributed by atoms with Crippen molar-refractivity contribution in [2.24, 2.45) is 4.99 Å². The molecule has 1 atom stereocenters. The highest BCUT2D eigenvalue weighted by molar-refractivity contribution is 5.96. The van der Waals surface area contributed by atoms with Crippen molar-refractivity contribution < 1.29 is 4.39 Å². The number of amidine groups is 1. The molecular formula is C12H15FN2. The summed E-state index contributed by atoms with van der Waals surface area (Å²) in [4.78, 5) is 4.39. The van der Waals surface area contributed by atoms with Gasteiger partial charge in [0.1, 0.15) is 11.7 Å². The van der Waals surface area contributed by atoms with Crippen LogP contribution < -0.4 is 5.32 Å². The molecule has 1 aromatic rings. The van der Waals surface area contributed by atoms with Gasteiger partial charge in [0.2, 0.25) is 0 Å². The van der Waals surface area contributed by atoms with Gasteiger partial charge in [-0.15, -0.1) is 0 Å². The molecular weight excluding hydrogens is 191 g/mol. The van der Waals surface area contributed by atoms with Crippen molar-refractivity contribution in [3.8, 4) is 0 Å². The number of aliphatic imine (C=N–C) groups is 1. The van der Waals surface area contributed by atoms with Gasteiger partial charge in [-0.05, 0) is 38.0 Å². The first-order valence-corrected chi connectivity index (χ1v) is 5.25. The van der Waals surface area contributed by atoms with Crippen LogP contribution in [0.15, 0.2) is 23.2 Å². The van der Waals surface area contributed by atoms with E-state index >= 15 is 0 Å². The Bertz CT molecular complexity index is 399. The number of aryl methyl sites for hydroxylation is 1. The van der Waals surface area contributed by atoms with Crippen LogP contribution in [0, 0.1) is 12.7 Å². The van der Waals surface area contributed by atoms with Crippen LogP contribution >= 0.6 is 0 Å². The van der Waals surface area contributed by atoms with Gasteiger partial charge in [-0.3, -0.25) is 4.99 Å². The SMILES string of the molecule is Cc1ccc(F)c(NC2=NC(C)CC2)c1. The molecule has 0 fully saturated rings. The lowest BCUT2D eigenvalue weighted by Crippen LogP contribution is -2.09. The molecule has 1 aliphatic heterocycles. The molecule has 2 nitrogen and oxygen atoms in total. The Hall–Kier alpha value is -1.38. The second-order valence-electron chi connectivity index (χ2n) is 4.07. The van der Waals surface area contributed by atoms with E-state index < -0.39 is 0 Å². The lowest BCUT2D eigenvalue weighted by atomic mass is 10.2. The molecule has 1 aliphatic rings. The number of rotatable bonds is 1. The third-order valence-corrected chi connectivity index (χ3v) is 2.58. The molecule has 2 rings (SSSR count). The van der Waals surface area contributed by atoms with Gasteiger partial charge in [0.05, 0.1) is 5.69 Å². The van der Waals surface area contributed by atoms with E-state index in [1.54, 1.807) is 12.1 Å². The molecule has 0 saturated heterocycles. The summed E-state index contributed by atoms with van der Waals surface area (Å²) < 4.78 is 13.4. The first-order valence-electron chi connectivity index (χ1n) is 5.25. The summed E-state index contributed by atoms with van der Waals surface area (Å²) in [6, 6.07) is 5.41. The molecule has 80 valence electrons. The van der Waals surface area contributed by atoms with Gasteiger partial charge < -0.3 is 5.32 Å². The molecule has 1 heterocycles. The highest BCUT2D eigenvalue weighted by Crippen LogP contribution is 2.19. The van der Waals surface area contributed by atoms with Crippen molar-refractivity contribution in [3.05, 3.63) is 29.6 Å². The van der Waals surface area contributed by atoms with Crippen LogP contribution in [0.5, 0.6) is 0 Å². The summed E-state index contributed by atoms with van der Waals surface area (Å²) in [5.41, 5.74) is 1.58. The Morgan fingerprint density at radius 3 is 2.93 bits per heavy atom. The third-order valence-electron chi connectivity index (χ3n) is 2.58. The molecule has 1 unspecified atom stereocenters. The number of hydrogen-bond acceptors (Lipinski definition) is 2. The maximum absolute atomic E-state index is 13.4. The van der Waals surface area contributed by atoms with E-state index in [1.165, 1.54) is 6.07 Å². The highest BCUT2D eigenvalue weighted by Gasteiger charge is 2.14. The van der Waals surface area contributed by atoms with E-state index in [0.29, 0.717) is 11.7 Å². The topological polar surface area (TPSA) is 24.4 Å². The van der Waals surface area contributed by atoms with Gasteiger partial charge in [-0.25, -0.2) is 4.39 Å². The fourth-order valence-corrected chi connectivity index (χ4v) is 1.73. The van der Waals surface area contributed by atoms with Gasteiger partial charge in [0.25, 0.3) is 0 Å². The molecule has 3 heteroatoms. The third kappa shape index (κ3) is 2.35. The molecule has 0 bridgehead atoms. The number of benzene rings is 1. The zero-order valence-corrected chi connectivity index (χ0v) is 9.05. The lowest BCUT2D eigenvalue weighted by molar-refractivity contribution is 0.631. The Morgan fingerprint density at radius 2 is 2.27 bits per heavy atom. The molecule has 0 amide bonds. The number of halogens is 1. The van der Waals surface area contributed by atoms with Crippen LogP contribution in [0.4, 0.5) is 10.1 Å². The molecule has 0 radical (unpaired) electrons. The van der Waals surface area contributed by atoms with Gasteiger partial charge in [-0.2, -0.15) is 0 Å². The van der Waals surface area contributed by atoms with Crippen molar-refractivity contribution >= 4 is 11.5 Å². The van der Waals surface area contributed by atoms with E-state index in [9.17, 15) is 4.39 Å². The second-order valence-corrected chi connectivity index (χ2v) is 4.07. The van der Waals surface area contributed by atoms with Crippen LogP contribution in [-0.2, 0) is 0 Å². The zero-order valence-electron chi connectivity index (χ0n) is 9.05. The Labute approximate surface area is 89.2 Å². The summed E-state index contributed by atoms with van der Waals surface area (Å²) in [6.07, 6.45) is 1.96. The molecule has 0 aromatic heterocycles. The summed E-state index contributed by atoms with van der Waals surface area (Å²) in [5.74, 6) is 0.676. The van der Waals surface area contributed by atoms with Crippen molar-refractivity contribution in [2.75, 3.05) is 5.32 Å². The molecule has 15 heavy (non-hydrogen) atoms. The van der Waals surface area contributed by atoms with Crippen molar-refractivity contribution in [3.63, 3.8) is 0 Å². The van der Waals surface area contributed by atoms with E-state index in [2.05, 4.69) is 17.2 Å². The summed E-state index contributed by atoms with van der Waals surface area (Å²) in [5, 5.41) is 3.06. The summed E-state index contributed by atoms with van der Waals surface area (Å²) in [6.45, 7) is 4.02. The fraction of sp³-hybridized carbons (Fsp3) is 0.417. The largest absolute Gasteiger partial charge is 0.342 e. The van der Waals surface area contributed by atoms with Crippen molar-refractivity contribution in [1.29, 1.82) is 0 Å². The number of nitrogens with one attached hydrogen (secondary N) is 1. The van der Waals surface area contributed by atoms with E-state index in [4.69, 9.17) is 0 Å². The molecule has 1 aromatic carbocycles. The smallest absolute Gasteiger partial charge is 0.146 e. The monoisotopic (exact) mass is 206 g/mol. The Kier molecular flexibility index (Phi) is 2.71. The standard InChI is InChI=1S/C12H15FN2/c1-8-3-5-10(13)11(7-8)15-12-6-4-9(2)14-12/h3,5,7,9H,4,6H2,1-2H3,(H,14,15). The molecule has 0 saturated carbocycles. The first-order chi connectivity index (χ1) is 7.15. The quantitative estimate of drug-likeness (QED) is 0.750. The minimum absolute atomic E-state index is 0.220. The maximum atomic E-state index is 13.4. The minimum atomic E-state index is -0.220.